The molecule has 0 N–H and O–H groups in total. The molecule has 0 saturated carbocycles. The van der Waals surface area contributed by atoms with Crippen molar-refractivity contribution < 1.29 is 9.47 Å². The topological polar surface area (TPSA) is 60.6 Å². The van der Waals surface area contributed by atoms with Gasteiger partial charge in [0.2, 0.25) is 0 Å². The van der Waals surface area contributed by atoms with Crippen molar-refractivity contribution in [3.8, 4) is 0 Å². The van der Waals surface area contributed by atoms with Gasteiger partial charge in [0.25, 0.3) is 0 Å². The number of thioether (sulfide) groups is 2. The maximum atomic E-state index is 5.46. The molecule has 0 aliphatic carbocycles. The fraction of sp³-hybridized carbons (Fsp3) is 0.902. The second kappa shape index (κ2) is 72.7. The SMILES string of the molecule is C.CC.CC.CC.CC.CC(C)(C)N1CCC1.CC(C)(C)N1CCCC1.CC(C)(C)N1CCCCC1.CC(C)(C)N1CCCCC1.CC(C)(C)N1CCCCCC1.CC(C)(C)N1CCCCOC1.CC(C)(C)N1CCCCSC1.CC(C)(C)N1CCCc2ccccc21.CC(C)(C)N1CCOCC1.CC(C)(C)N1CCSCC1.CC(C)(C)N1CCc2ccccc2C1.CN1CCCCN(C(C)(C)C)C1. The zero-order chi connectivity index (χ0) is 106. The smallest absolute Gasteiger partial charge is 0.0994 e. The third kappa shape index (κ3) is 65.2. The van der Waals surface area contributed by atoms with Gasteiger partial charge >= 0.3 is 0 Å². The first-order chi connectivity index (χ1) is 64.1. The highest BCUT2D eigenvalue weighted by Gasteiger charge is 2.33. The van der Waals surface area contributed by atoms with E-state index in [4.69, 9.17) is 9.47 Å². The largest absolute Gasteiger partial charge is 0.379 e. The number of piperidine rings is 2. The fourth-order valence-electron chi connectivity index (χ4n) is 18.2. The number of aryl methyl sites for hydroxylation is 1. The van der Waals surface area contributed by atoms with Crippen LogP contribution in [0.5, 0.6) is 0 Å². The Hall–Kier alpha value is -1.62. The monoisotopic (exact) mass is 1990 g/mol. The van der Waals surface area contributed by atoms with Crippen LogP contribution in [0.4, 0.5) is 5.69 Å². The lowest BCUT2D eigenvalue weighted by atomic mass is 9.95. The molecule has 10 fully saturated rings. The zero-order valence-electron chi connectivity index (χ0n) is 102. The summed E-state index contributed by atoms with van der Waals surface area (Å²) in [6.07, 6.45) is 30.0. The van der Waals surface area contributed by atoms with Gasteiger partial charge in [0.1, 0.15) is 0 Å². The number of anilines is 1. The molecule has 0 unspecified atom stereocenters. The van der Waals surface area contributed by atoms with Crippen LogP contribution in [-0.2, 0) is 28.9 Å². The number of morpholine rings is 1. The summed E-state index contributed by atoms with van der Waals surface area (Å²) in [6, 6.07) is 17.6. The second-order valence-electron chi connectivity index (χ2n) is 51.3. The van der Waals surface area contributed by atoms with Gasteiger partial charge in [-0.2, -0.15) is 11.8 Å². The van der Waals surface area contributed by atoms with Crippen molar-refractivity contribution in [3.05, 3.63) is 65.2 Å². The van der Waals surface area contributed by atoms with Crippen LogP contribution in [0.25, 0.3) is 0 Å². The molecule has 2 aromatic rings. The summed E-state index contributed by atoms with van der Waals surface area (Å²) in [6.45, 7) is 129. The van der Waals surface area contributed by atoms with E-state index in [1.165, 1.54) is 305 Å². The first-order valence-electron chi connectivity index (χ1n) is 57.3. The Bertz CT molecular complexity index is 2950. The Morgan fingerprint density at radius 2 is 0.525 bits per heavy atom. The van der Waals surface area contributed by atoms with Gasteiger partial charge in [-0.15, -0.1) is 11.8 Å². The molecular weight excluding hydrogens is 1740 g/mol. The first kappa shape index (κ1) is 141. The van der Waals surface area contributed by atoms with Gasteiger partial charge in [0.05, 0.1) is 26.6 Å². The van der Waals surface area contributed by atoms with E-state index >= 15 is 0 Å². The molecule has 0 atom stereocenters. The van der Waals surface area contributed by atoms with Gasteiger partial charge in [-0.05, 0) is 485 Å². The lowest BCUT2D eigenvalue weighted by Crippen LogP contribution is -2.49. The summed E-state index contributed by atoms with van der Waals surface area (Å²) >= 11 is 4.15. The minimum Gasteiger partial charge on any atom is -0.379 e. The van der Waals surface area contributed by atoms with Crippen molar-refractivity contribution in [2.75, 3.05) is 199 Å². The molecule has 0 aromatic heterocycles. The van der Waals surface area contributed by atoms with Crippen LogP contribution < -0.4 is 4.90 Å². The minimum atomic E-state index is 0. The van der Waals surface area contributed by atoms with E-state index in [0.29, 0.717) is 55.4 Å². The van der Waals surface area contributed by atoms with E-state index in [1.54, 1.807) is 0 Å². The van der Waals surface area contributed by atoms with Crippen LogP contribution >= 0.6 is 23.5 Å². The normalized spacial score (nSPS) is 20.7. The van der Waals surface area contributed by atoms with E-state index in [9.17, 15) is 0 Å². The minimum absolute atomic E-state index is 0. The third-order valence-corrected chi connectivity index (χ3v) is 29.9. The average Bonchev–Trinajstić information content (AvgIpc) is 1.15. The van der Waals surface area contributed by atoms with Gasteiger partial charge in [0, 0.05) is 149 Å². The maximum Gasteiger partial charge on any atom is 0.0994 e. The number of rotatable bonds is 0. The van der Waals surface area contributed by atoms with Crippen molar-refractivity contribution in [1.82, 2.24) is 58.8 Å². The summed E-state index contributed by atoms with van der Waals surface area (Å²) in [7, 11) is 2.21. The molecule has 14 rings (SSSR count). The van der Waals surface area contributed by atoms with Crippen LogP contribution in [0.1, 0.15) is 457 Å². The molecule has 139 heavy (non-hydrogen) atoms. The van der Waals surface area contributed by atoms with Crippen LogP contribution in [0.15, 0.2) is 48.5 Å². The van der Waals surface area contributed by atoms with Crippen molar-refractivity contribution in [3.63, 3.8) is 0 Å². The number of benzene rings is 2. The van der Waals surface area contributed by atoms with E-state index in [0.717, 1.165) is 52.9 Å². The molecule has 15 nitrogen and oxygen atoms in total. The molecule has 17 heteroatoms. The standard InChI is InChI=1S/2C13H19N.C10H22N2.C10H21N.C9H19NO.C9H19NS.2C9H19N.C8H17NO.C8H17NS.C8H17N.C7H15N.4C2H6.CH4/c1-13(2,3)14-10-6-8-11-7-4-5-9-12(11)14;1-13(2,3)14-9-8-11-6-4-5-7-12(11)10-14;1-10(2,3)12-8-6-5-7-11(4)9-12;1-10(2,3)11-8-6-4-5-7-9-11;2*1-9(2,3)10-6-4-5-7-11-8-10;2*1-9(2,3)10-7-5-4-6-8-10;2*1-8(2,3)9-4-6-10-7-5-9;1-8(2,3)9-6-4-5-7-9;1-7(2,3)8-5-4-6-8;4*1-2;/h4-5,7,9H,6,8,10H2,1-3H3;4-7H,8-10H2,1-3H3;5-9H2,1-4H3;4-9H2,1-3H3;2*4-8H2,1-3H3;2*4-8H2,1-3H3;2*4-7H2,1-3H3;4-7H2,1-3H3;4-6H2,1-3H3;4*1-2H3;1H4. The quantitative estimate of drug-likeness (QED) is 0.251. The average molecular weight is 2000 g/mol. The predicted molar refractivity (Wildman–Crippen MR) is 634 cm³/mol. The van der Waals surface area contributed by atoms with Crippen LogP contribution in [0, 0.1) is 0 Å². The molecule has 12 aliphatic rings. The molecule has 0 amide bonds. The second-order valence-corrected chi connectivity index (χ2v) is 53.6. The number of ether oxygens (including phenoxy) is 2. The Kier molecular flexibility index (Phi) is 74.0. The first-order valence-corrected chi connectivity index (χ1v) is 59.6. The molecule has 0 bridgehead atoms. The highest BCUT2D eigenvalue weighted by Crippen LogP contribution is 2.34. The number of hydrogen-bond donors (Lipinski definition) is 0. The van der Waals surface area contributed by atoms with Crippen molar-refractivity contribution >= 4 is 29.2 Å². The highest BCUT2D eigenvalue weighted by molar-refractivity contribution is 7.99. The molecule has 2 aromatic carbocycles. The number of likely N-dealkylation sites (tertiary alicyclic amines) is 5. The van der Waals surface area contributed by atoms with Crippen molar-refractivity contribution in [2.45, 2.75) is 526 Å². The highest BCUT2D eigenvalue weighted by atomic mass is 32.2. The van der Waals surface area contributed by atoms with Gasteiger partial charge in [0.15, 0.2) is 0 Å². The van der Waals surface area contributed by atoms with E-state index in [-0.39, 0.29) is 18.5 Å². The van der Waals surface area contributed by atoms with E-state index in [2.05, 4.69) is 392 Å². The molecule has 828 valence electrons. The lowest BCUT2D eigenvalue weighted by Gasteiger charge is -2.42. The Morgan fingerprint density at radius 1 is 0.223 bits per heavy atom. The maximum absolute atomic E-state index is 5.46. The number of para-hydroxylation sites is 1. The zero-order valence-corrected chi connectivity index (χ0v) is 103. The molecular formula is C122H251N13O2S2. The summed E-state index contributed by atoms with van der Waals surface area (Å²) in [5.74, 6) is 5.21. The number of hydrogen-bond acceptors (Lipinski definition) is 17. The van der Waals surface area contributed by atoms with Crippen LogP contribution in [0.2, 0.25) is 0 Å². The third-order valence-electron chi connectivity index (χ3n) is 27.8. The molecule has 0 radical (unpaired) electrons. The van der Waals surface area contributed by atoms with Crippen LogP contribution in [-0.4, -0.2) is 320 Å². The summed E-state index contributed by atoms with van der Waals surface area (Å²) in [4.78, 5) is 32.8. The molecule has 10 saturated heterocycles. The Morgan fingerprint density at radius 3 is 0.885 bits per heavy atom. The van der Waals surface area contributed by atoms with E-state index < -0.39 is 0 Å². The summed E-state index contributed by atoms with van der Waals surface area (Å²) in [5.41, 5.74) is 10.3. The molecule has 12 heterocycles. The molecule has 0 spiro atoms. The van der Waals surface area contributed by atoms with Crippen molar-refractivity contribution in [2.24, 2.45) is 0 Å². The van der Waals surface area contributed by atoms with Gasteiger partial charge in [-0.3, -0.25) is 58.8 Å². The van der Waals surface area contributed by atoms with Gasteiger partial charge in [-0.25, -0.2) is 0 Å². The Labute approximate surface area is 882 Å². The summed E-state index contributed by atoms with van der Waals surface area (Å²) in [5, 5.41) is 0. The summed E-state index contributed by atoms with van der Waals surface area (Å²) < 4.78 is 10.7. The number of nitrogens with zero attached hydrogens (tertiary/aromatic N) is 13. The van der Waals surface area contributed by atoms with Gasteiger partial charge < -0.3 is 14.4 Å². The van der Waals surface area contributed by atoms with E-state index in [1.807, 2.05) is 55.4 Å². The fourth-order valence-corrected chi connectivity index (χ4v) is 20.4. The Balaban J connectivity index is -0.00000144. The van der Waals surface area contributed by atoms with Crippen LogP contribution in [0.3, 0.4) is 0 Å². The van der Waals surface area contributed by atoms with Crippen molar-refractivity contribution in [1.29, 1.82) is 0 Å². The number of fused-ring (bicyclic) bond motifs is 2. The van der Waals surface area contributed by atoms with Gasteiger partial charge in [-0.1, -0.05) is 131 Å². The lowest BCUT2D eigenvalue weighted by molar-refractivity contribution is -0.00389. The predicted octanol–water partition coefficient (Wildman–Crippen LogP) is 30.5. The molecule has 12 aliphatic heterocycles.